The number of nitrogens with zero attached hydrogens (tertiary/aromatic N) is 4. The SMILES string of the molecule is CC(C)(C)OC(=O)N1CC2(C1)CN(S(=O)(=O)n1ccnc1)C2. The summed E-state index contributed by atoms with van der Waals surface area (Å²) in [5.41, 5.74) is -0.638. The van der Waals surface area contributed by atoms with Gasteiger partial charge < -0.3 is 9.64 Å². The quantitative estimate of drug-likeness (QED) is 0.790. The van der Waals surface area contributed by atoms with Crippen molar-refractivity contribution in [3.8, 4) is 0 Å². The van der Waals surface area contributed by atoms with Crippen LogP contribution in [0.2, 0.25) is 0 Å². The van der Waals surface area contributed by atoms with Crippen LogP contribution in [0, 0.1) is 5.41 Å². The van der Waals surface area contributed by atoms with Gasteiger partial charge in [0.15, 0.2) is 0 Å². The van der Waals surface area contributed by atoms with Crippen molar-refractivity contribution in [3.63, 3.8) is 0 Å². The molecule has 0 N–H and O–H groups in total. The maximum absolute atomic E-state index is 12.3. The fourth-order valence-corrected chi connectivity index (χ4v) is 4.32. The lowest BCUT2D eigenvalue weighted by atomic mass is 9.75. The van der Waals surface area contributed by atoms with Gasteiger partial charge in [-0.05, 0) is 20.8 Å². The Balaban J connectivity index is 1.54. The standard InChI is InChI=1S/C13H20N4O4S/c1-12(2,3)21-11(18)15-6-13(7-15)8-17(9-13)22(19,20)16-5-4-14-10-16/h4-5,10H,6-9H2,1-3H3. The minimum atomic E-state index is -3.52. The van der Waals surface area contributed by atoms with E-state index in [-0.39, 0.29) is 11.5 Å². The molecule has 0 atom stereocenters. The topological polar surface area (TPSA) is 84.7 Å². The molecule has 0 saturated carbocycles. The molecule has 0 aliphatic carbocycles. The van der Waals surface area contributed by atoms with Gasteiger partial charge in [0.1, 0.15) is 11.9 Å². The molecule has 0 radical (unpaired) electrons. The zero-order valence-corrected chi connectivity index (χ0v) is 13.7. The molecule has 2 aliphatic heterocycles. The first-order valence-corrected chi connectivity index (χ1v) is 8.48. The largest absolute Gasteiger partial charge is 0.444 e. The first kappa shape index (κ1) is 15.3. The van der Waals surface area contributed by atoms with E-state index in [1.54, 1.807) is 4.90 Å². The van der Waals surface area contributed by atoms with Crippen LogP contribution in [0.4, 0.5) is 4.79 Å². The summed E-state index contributed by atoms with van der Waals surface area (Å²) in [6, 6.07) is 0. The van der Waals surface area contributed by atoms with Crippen molar-refractivity contribution in [3.05, 3.63) is 18.7 Å². The second-order valence-corrected chi connectivity index (χ2v) is 8.84. The molecule has 2 saturated heterocycles. The van der Waals surface area contributed by atoms with Crippen LogP contribution < -0.4 is 0 Å². The van der Waals surface area contributed by atoms with Crippen molar-refractivity contribution < 1.29 is 17.9 Å². The Kier molecular flexibility index (Phi) is 3.26. The molecule has 3 rings (SSSR count). The first-order valence-electron chi connectivity index (χ1n) is 7.08. The molecular weight excluding hydrogens is 308 g/mol. The number of aromatic nitrogens is 2. The fourth-order valence-electron chi connectivity index (χ4n) is 2.80. The molecular formula is C13H20N4O4S. The van der Waals surface area contributed by atoms with Crippen LogP contribution in [-0.4, -0.2) is 64.5 Å². The summed E-state index contributed by atoms with van der Waals surface area (Å²) in [6.07, 6.45) is 3.78. The molecule has 8 nitrogen and oxygen atoms in total. The van der Waals surface area contributed by atoms with Crippen LogP contribution in [0.5, 0.6) is 0 Å². The summed E-state index contributed by atoms with van der Waals surface area (Å²) in [5, 5.41) is 0. The summed E-state index contributed by atoms with van der Waals surface area (Å²) in [5.74, 6) is 0. The molecule has 3 heterocycles. The maximum atomic E-state index is 12.3. The number of hydrogen-bond acceptors (Lipinski definition) is 5. The third-order valence-corrected chi connectivity index (χ3v) is 5.46. The zero-order chi connectivity index (χ0) is 16.2. The Labute approximate surface area is 129 Å². The number of hydrogen-bond donors (Lipinski definition) is 0. The van der Waals surface area contributed by atoms with Crippen molar-refractivity contribution in [2.45, 2.75) is 26.4 Å². The van der Waals surface area contributed by atoms with Crippen molar-refractivity contribution >= 4 is 16.3 Å². The van der Waals surface area contributed by atoms with Crippen LogP contribution in [0.1, 0.15) is 20.8 Å². The van der Waals surface area contributed by atoms with Crippen molar-refractivity contribution in [2.24, 2.45) is 5.41 Å². The maximum Gasteiger partial charge on any atom is 0.410 e. The van der Waals surface area contributed by atoms with Gasteiger partial charge in [-0.2, -0.15) is 12.7 Å². The number of ether oxygens (including phenoxy) is 1. The van der Waals surface area contributed by atoms with Gasteiger partial charge in [-0.15, -0.1) is 0 Å². The van der Waals surface area contributed by atoms with Crippen LogP contribution in [0.3, 0.4) is 0 Å². The molecule has 0 aromatic carbocycles. The Morgan fingerprint density at radius 1 is 1.23 bits per heavy atom. The second-order valence-electron chi connectivity index (χ2n) is 7.00. The highest BCUT2D eigenvalue weighted by Crippen LogP contribution is 2.41. The van der Waals surface area contributed by atoms with E-state index in [0.29, 0.717) is 26.2 Å². The van der Waals surface area contributed by atoms with E-state index in [1.807, 2.05) is 20.8 Å². The molecule has 0 bridgehead atoms. The van der Waals surface area contributed by atoms with Crippen molar-refractivity contribution in [1.82, 2.24) is 18.2 Å². The number of amides is 1. The highest BCUT2D eigenvalue weighted by Gasteiger charge is 2.57. The van der Waals surface area contributed by atoms with E-state index in [9.17, 15) is 13.2 Å². The van der Waals surface area contributed by atoms with Crippen LogP contribution in [0.25, 0.3) is 0 Å². The molecule has 2 fully saturated rings. The Bertz CT molecular complexity index is 663. The van der Waals surface area contributed by atoms with Gasteiger partial charge in [0.25, 0.3) is 0 Å². The molecule has 9 heteroatoms. The van der Waals surface area contributed by atoms with Crippen LogP contribution in [0.15, 0.2) is 18.7 Å². The Hall–Kier alpha value is -1.61. The number of carbonyl (C=O) groups excluding carboxylic acids is 1. The van der Waals surface area contributed by atoms with E-state index in [2.05, 4.69) is 4.98 Å². The molecule has 1 aromatic rings. The van der Waals surface area contributed by atoms with Crippen LogP contribution in [-0.2, 0) is 14.9 Å². The van der Waals surface area contributed by atoms with E-state index in [4.69, 9.17) is 4.74 Å². The number of imidazole rings is 1. The number of carbonyl (C=O) groups is 1. The second kappa shape index (κ2) is 4.69. The Morgan fingerprint density at radius 3 is 2.36 bits per heavy atom. The number of likely N-dealkylation sites (tertiary alicyclic amines) is 1. The average Bonchev–Trinajstić information content (AvgIpc) is 2.75. The van der Waals surface area contributed by atoms with Gasteiger partial charge in [-0.3, -0.25) is 0 Å². The molecule has 2 aliphatic rings. The normalized spacial score (nSPS) is 21.3. The minimum absolute atomic E-state index is 0.120. The van der Waals surface area contributed by atoms with E-state index >= 15 is 0 Å². The van der Waals surface area contributed by atoms with E-state index in [0.717, 1.165) is 3.97 Å². The van der Waals surface area contributed by atoms with Crippen LogP contribution >= 0.6 is 0 Å². The molecule has 122 valence electrons. The summed E-state index contributed by atoms with van der Waals surface area (Å²) in [4.78, 5) is 17.3. The summed E-state index contributed by atoms with van der Waals surface area (Å²) in [7, 11) is -3.52. The third-order valence-electron chi connectivity index (χ3n) is 3.80. The predicted octanol–water partition coefficient (Wildman–Crippen LogP) is 0.529. The molecule has 1 aromatic heterocycles. The number of rotatable bonds is 2. The summed E-state index contributed by atoms with van der Waals surface area (Å²) >= 11 is 0. The van der Waals surface area contributed by atoms with E-state index in [1.165, 1.54) is 23.0 Å². The molecule has 0 unspecified atom stereocenters. The summed E-state index contributed by atoms with van der Waals surface area (Å²) in [6.45, 7) is 7.39. The van der Waals surface area contributed by atoms with Gasteiger partial charge >= 0.3 is 16.3 Å². The molecule has 1 amide bonds. The zero-order valence-electron chi connectivity index (χ0n) is 12.9. The third kappa shape index (κ3) is 2.58. The highest BCUT2D eigenvalue weighted by molar-refractivity contribution is 7.87. The van der Waals surface area contributed by atoms with Gasteiger partial charge in [0.2, 0.25) is 0 Å². The minimum Gasteiger partial charge on any atom is -0.444 e. The molecule has 22 heavy (non-hydrogen) atoms. The van der Waals surface area contributed by atoms with E-state index < -0.39 is 15.8 Å². The lowest BCUT2D eigenvalue weighted by molar-refractivity contribution is -0.0842. The van der Waals surface area contributed by atoms with Gasteiger partial charge in [0.05, 0.1) is 0 Å². The van der Waals surface area contributed by atoms with Gasteiger partial charge in [-0.1, -0.05) is 0 Å². The van der Waals surface area contributed by atoms with Crippen molar-refractivity contribution in [1.29, 1.82) is 0 Å². The highest BCUT2D eigenvalue weighted by atomic mass is 32.2. The van der Waals surface area contributed by atoms with Gasteiger partial charge in [0, 0.05) is 44.0 Å². The fraction of sp³-hybridized carbons (Fsp3) is 0.692. The monoisotopic (exact) mass is 328 g/mol. The summed E-state index contributed by atoms with van der Waals surface area (Å²) < 4.78 is 32.3. The lowest BCUT2D eigenvalue weighted by Gasteiger charge is -2.58. The van der Waals surface area contributed by atoms with Gasteiger partial charge in [-0.25, -0.2) is 13.8 Å². The predicted molar refractivity (Wildman–Crippen MR) is 78.4 cm³/mol. The average molecular weight is 328 g/mol. The van der Waals surface area contributed by atoms with Crippen molar-refractivity contribution in [2.75, 3.05) is 26.2 Å². The lowest BCUT2D eigenvalue weighted by Crippen LogP contribution is -2.74. The Morgan fingerprint density at radius 2 is 1.86 bits per heavy atom. The first-order chi connectivity index (χ1) is 10.1. The molecule has 1 spiro atoms. The smallest absolute Gasteiger partial charge is 0.410 e.